The summed E-state index contributed by atoms with van der Waals surface area (Å²) in [5.74, 6) is 0.800. The lowest BCUT2D eigenvalue weighted by Gasteiger charge is -2.08. The van der Waals surface area contributed by atoms with Crippen LogP contribution in [0.3, 0.4) is 0 Å². The minimum atomic E-state index is 0.0804. The van der Waals surface area contributed by atoms with Gasteiger partial charge in [-0.3, -0.25) is 9.36 Å². The summed E-state index contributed by atoms with van der Waals surface area (Å²) in [6.07, 6.45) is 7.92. The second-order valence-electron chi connectivity index (χ2n) is 3.75. The smallest absolute Gasteiger partial charge is 0.266 e. The Balaban J connectivity index is 2.57. The number of allylic oxidation sites excluding steroid dienone is 1. The van der Waals surface area contributed by atoms with Gasteiger partial charge in [-0.25, -0.2) is 4.98 Å². The van der Waals surface area contributed by atoms with Gasteiger partial charge in [-0.15, -0.1) is 6.58 Å². The van der Waals surface area contributed by atoms with Crippen LogP contribution in [0.1, 0.15) is 31.5 Å². The first kappa shape index (κ1) is 13.4. The largest absolute Gasteiger partial charge is 0.296 e. The fourth-order valence-electron chi connectivity index (χ4n) is 1.55. The van der Waals surface area contributed by atoms with E-state index in [4.69, 9.17) is 0 Å². The molecule has 0 aliphatic heterocycles. The van der Waals surface area contributed by atoms with Crippen LogP contribution in [0.2, 0.25) is 0 Å². The molecule has 1 aromatic heterocycles. The minimum absolute atomic E-state index is 0.0804. The lowest BCUT2D eigenvalue weighted by atomic mass is 10.2. The molecule has 0 saturated heterocycles. The van der Waals surface area contributed by atoms with Crippen molar-refractivity contribution in [2.24, 2.45) is 0 Å². The van der Waals surface area contributed by atoms with Gasteiger partial charge >= 0.3 is 0 Å². The zero-order valence-electron chi connectivity index (χ0n) is 9.58. The molecule has 0 aliphatic carbocycles. The molecule has 0 saturated carbocycles. The van der Waals surface area contributed by atoms with Crippen LogP contribution in [0.5, 0.6) is 0 Å². The first-order valence-electron chi connectivity index (χ1n) is 5.49. The van der Waals surface area contributed by atoms with Crippen molar-refractivity contribution in [1.82, 2.24) is 9.55 Å². The van der Waals surface area contributed by atoms with E-state index in [1.165, 1.54) is 0 Å². The summed E-state index contributed by atoms with van der Waals surface area (Å²) in [5, 5.41) is 0. The maximum Gasteiger partial charge on any atom is 0.266 e. The summed E-state index contributed by atoms with van der Waals surface area (Å²) in [5.41, 5.74) is 0.0804. The summed E-state index contributed by atoms with van der Waals surface area (Å²) in [4.78, 5) is 16.0. The molecule has 0 aromatic carbocycles. The lowest BCUT2D eigenvalue weighted by molar-refractivity contribution is 0.555. The van der Waals surface area contributed by atoms with Crippen LogP contribution < -0.4 is 5.56 Å². The molecule has 4 heteroatoms. The number of rotatable bonds is 6. The zero-order valence-corrected chi connectivity index (χ0v) is 11.7. The molecular formula is C12H17IN2O. The van der Waals surface area contributed by atoms with Crippen molar-refractivity contribution < 1.29 is 0 Å². The molecule has 0 radical (unpaired) electrons. The van der Waals surface area contributed by atoms with Crippen molar-refractivity contribution in [2.75, 3.05) is 0 Å². The third-order valence-electron chi connectivity index (χ3n) is 2.49. The predicted octanol–water partition coefficient (Wildman–Crippen LogP) is 2.90. The van der Waals surface area contributed by atoms with Crippen LogP contribution in [0.15, 0.2) is 23.6 Å². The second-order valence-corrected chi connectivity index (χ2v) is 4.91. The normalized spacial score (nSPS) is 10.4. The van der Waals surface area contributed by atoms with Crippen molar-refractivity contribution in [2.45, 2.75) is 39.2 Å². The van der Waals surface area contributed by atoms with Crippen LogP contribution in [0.25, 0.3) is 0 Å². The third kappa shape index (κ3) is 3.73. The fourth-order valence-corrected chi connectivity index (χ4v) is 1.98. The van der Waals surface area contributed by atoms with Crippen molar-refractivity contribution in [3.05, 3.63) is 38.6 Å². The summed E-state index contributed by atoms with van der Waals surface area (Å²) >= 11 is 2.03. The first-order chi connectivity index (χ1) is 7.66. The van der Waals surface area contributed by atoms with Gasteiger partial charge in [0.25, 0.3) is 5.56 Å². The summed E-state index contributed by atoms with van der Waals surface area (Å²) in [6, 6.07) is 0. The number of aromatic nitrogens is 2. The monoisotopic (exact) mass is 332 g/mol. The number of halogens is 1. The zero-order chi connectivity index (χ0) is 12.0. The van der Waals surface area contributed by atoms with Gasteiger partial charge in [0.15, 0.2) is 0 Å². The van der Waals surface area contributed by atoms with Gasteiger partial charge in [0.05, 0.1) is 3.57 Å². The minimum Gasteiger partial charge on any atom is -0.296 e. The Morgan fingerprint density at radius 2 is 2.25 bits per heavy atom. The van der Waals surface area contributed by atoms with E-state index >= 15 is 0 Å². The van der Waals surface area contributed by atoms with E-state index in [2.05, 4.69) is 11.6 Å². The molecule has 0 amide bonds. The number of nitrogens with zero attached hydrogens (tertiary/aromatic N) is 2. The molecule has 3 nitrogen and oxygen atoms in total. The highest BCUT2D eigenvalue weighted by Gasteiger charge is 2.04. The lowest BCUT2D eigenvalue weighted by Crippen LogP contribution is -2.25. The van der Waals surface area contributed by atoms with Crippen LogP contribution >= 0.6 is 22.6 Å². The van der Waals surface area contributed by atoms with E-state index in [0.29, 0.717) is 3.57 Å². The van der Waals surface area contributed by atoms with Gasteiger partial charge in [0, 0.05) is 12.7 Å². The average Bonchev–Trinajstić information content (AvgIpc) is 2.28. The van der Waals surface area contributed by atoms with Crippen LogP contribution in [0, 0.1) is 10.5 Å². The molecule has 0 spiro atoms. The first-order valence-corrected chi connectivity index (χ1v) is 6.57. The Labute approximate surface area is 110 Å². The molecule has 0 N–H and O–H groups in total. The highest BCUT2D eigenvalue weighted by Crippen LogP contribution is 2.04. The number of hydrogen-bond donors (Lipinski definition) is 0. The highest BCUT2D eigenvalue weighted by molar-refractivity contribution is 14.1. The van der Waals surface area contributed by atoms with Gasteiger partial charge in [-0.05, 0) is 48.8 Å². The van der Waals surface area contributed by atoms with E-state index in [1.54, 1.807) is 10.8 Å². The quantitative estimate of drug-likeness (QED) is 0.456. The Bertz CT molecular complexity index is 412. The van der Waals surface area contributed by atoms with E-state index in [1.807, 2.05) is 35.6 Å². The number of unbranched alkanes of at least 4 members (excludes halogenated alkanes) is 3. The third-order valence-corrected chi connectivity index (χ3v) is 3.23. The van der Waals surface area contributed by atoms with Crippen molar-refractivity contribution >= 4 is 22.6 Å². The Hall–Kier alpha value is -0.650. The number of hydrogen-bond acceptors (Lipinski definition) is 2. The summed E-state index contributed by atoms with van der Waals surface area (Å²) < 4.78 is 2.45. The molecular weight excluding hydrogens is 315 g/mol. The Morgan fingerprint density at radius 1 is 1.50 bits per heavy atom. The molecule has 0 atom stereocenters. The van der Waals surface area contributed by atoms with Crippen molar-refractivity contribution in [3.63, 3.8) is 0 Å². The molecule has 0 fully saturated rings. The topological polar surface area (TPSA) is 34.9 Å². The van der Waals surface area contributed by atoms with Gasteiger partial charge < -0.3 is 0 Å². The Kier molecular flexibility index (Phi) is 5.73. The van der Waals surface area contributed by atoms with Gasteiger partial charge in [0.1, 0.15) is 5.82 Å². The maximum absolute atomic E-state index is 11.8. The average molecular weight is 332 g/mol. The fraction of sp³-hybridized carbons (Fsp3) is 0.500. The molecule has 1 aromatic rings. The molecule has 0 bridgehead atoms. The standard InChI is InChI=1S/C12H17IN2O/c1-3-4-5-6-7-8-15-10(2)14-9-11(13)12(15)16/h3,9H,1,4-8H2,2H3. The Morgan fingerprint density at radius 3 is 2.94 bits per heavy atom. The molecule has 1 heterocycles. The van der Waals surface area contributed by atoms with E-state index in [9.17, 15) is 4.79 Å². The van der Waals surface area contributed by atoms with Gasteiger partial charge in [0.2, 0.25) is 0 Å². The van der Waals surface area contributed by atoms with Crippen LogP contribution in [-0.2, 0) is 6.54 Å². The van der Waals surface area contributed by atoms with E-state index in [0.717, 1.165) is 38.1 Å². The maximum atomic E-state index is 11.8. The predicted molar refractivity (Wildman–Crippen MR) is 74.6 cm³/mol. The van der Waals surface area contributed by atoms with E-state index < -0.39 is 0 Å². The van der Waals surface area contributed by atoms with Crippen molar-refractivity contribution in [3.8, 4) is 0 Å². The summed E-state index contributed by atoms with van der Waals surface area (Å²) in [6.45, 7) is 6.34. The molecule has 1 rings (SSSR count). The molecule has 16 heavy (non-hydrogen) atoms. The number of aryl methyl sites for hydroxylation is 1. The van der Waals surface area contributed by atoms with Gasteiger partial charge in [-0.2, -0.15) is 0 Å². The molecule has 0 aliphatic rings. The molecule has 0 unspecified atom stereocenters. The van der Waals surface area contributed by atoms with Crippen LogP contribution in [-0.4, -0.2) is 9.55 Å². The van der Waals surface area contributed by atoms with Gasteiger partial charge in [-0.1, -0.05) is 12.5 Å². The van der Waals surface area contributed by atoms with Crippen LogP contribution in [0.4, 0.5) is 0 Å². The SMILES string of the molecule is C=CCCCCCn1c(C)ncc(I)c1=O. The second kappa shape index (κ2) is 6.83. The van der Waals surface area contributed by atoms with E-state index in [-0.39, 0.29) is 5.56 Å². The summed E-state index contributed by atoms with van der Waals surface area (Å²) in [7, 11) is 0. The van der Waals surface area contributed by atoms with Crippen molar-refractivity contribution in [1.29, 1.82) is 0 Å². The molecule has 88 valence electrons. The highest BCUT2D eigenvalue weighted by atomic mass is 127.